The smallest absolute Gasteiger partial charge is 0.362 e. The summed E-state index contributed by atoms with van der Waals surface area (Å²) in [4.78, 5) is 17.1. The van der Waals surface area contributed by atoms with Crippen LogP contribution in [0, 0.1) is 6.92 Å². The third-order valence-electron chi connectivity index (χ3n) is 4.20. The zero-order valence-electron chi connectivity index (χ0n) is 14.5. The van der Waals surface area contributed by atoms with Crippen molar-refractivity contribution in [2.24, 2.45) is 5.16 Å². The number of aryl methyl sites for hydroxylation is 1. The molecule has 25 heavy (non-hydrogen) atoms. The van der Waals surface area contributed by atoms with Gasteiger partial charge in [-0.1, -0.05) is 47.6 Å². The third kappa shape index (κ3) is 3.26. The van der Waals surface area contributed by atoms with E-state index < -0.39 is 5.97 Å². The molecule has 0 radical (unpaired) electrons. The number of fused-ring (bicyclic) bond motifs is 1. The van der Waals surface area contributed by atoms with Crippen LogP contribution in [-0.2, 0) is 20.9 Å². The van der Waals surface area contributed by atoms with Crippen LogP contribution < -0.4 is 0 Å². The van der Waals surface area contributed by atoms with Crippen molar-refractivity contribution in [1.29, 1.82) is 0 Å². The van der Waals surface area contributed by atoms with Crippen molar-refractivity contribution in [3.63, 3.8) is 0 Å². The number of esters is 1. The Morgan fingerprint density at radius 3 is 2.52 bits per heavy atom. The number of hydrogen-bond acceptors (Lipinski definition) is 4. The molecule has 3 rings (SSSR count). The summed E-state index contributed by atoms with van der Waals surface area (Å²) >= 11 is 0. The number of nitrogens with zero attached hydrogens (tertiary/aromatic N) is 2. The molecule has 0 amide bonds. The van der Waals surface area contributed by atoms with Gasteiger partial charge in [0.25, 0.3) is 0 Å². The number of para-hydroxylation sites is 1. The highest BCUT2D eigenvalue weighted by atomic mass is 16.6. The Hall–Kier alpha value is -3.08. The molecule has 0 aliphatic rings. The Morgan fingerprint density at radius 2 is 1.80 bits per heavy atom. The molecule has 0 N–H and O–H groups in total. The molecule has 0 bridgehead atoms. The molecule has 0 aliphatic heterocycles. The largest absolute Gasteiger partial charge is 0.464 e. The Kier molecular flexibility index (Phi) is 4.84. The highest BCUT2D eigenvalue weighted by molar-refractivity contribution is 6.43. The third-order valence-corrected chi connectivity index (χ3v) is 4.20. The van der Waals surface area contributed by atoms with Crippen LogP contribution in [0.1, 0.15) is 16.8 Å². The lowest BCUT2D eigenvalue weighted by Gasteiger charge is -2.13. The van der Waals surface area contributed by atoms with Crippen molar-refractivity contribution in [2.75, 3.05) is 14.2 Å². The van der Waals surface area contributed by atoms with Gasteiger partial charge in [-0.15, -0.1) is 0 Å². The Balaban J connectivity index is 2.20. The molecular formula is C20H20N2O3. The van der Waals surface area contributed by atoms with Gasteiger partial charge in [0.05, 0.1) is 12.8 Å². The molecule has 0 atom stereocenters. The maximum absolute atomic E-state index is 12.2. The van der Waals surface area contributed by atoms with Gasteiger partial charge in [0.15, 0.2) is 0 Å². The molecular weight excluding hydrogens is 316 g/mol. The Bertz CT molecular complexity index is 941. The van der Waals surface area contributed by atoms with Crippen LogP contribution in [0.4, 0.5) is 0 Å². The molecule has 1 heterocycles. The van der Waals surface area contributed by atoms with Crippen LogP contribution in [0.2, 0.25) is 0 Å². The maximum atomic E-state index is 12.2. The van der Waals surface area contributed by atoms with E-state index in [1.165, 1.54) is 25.3 Å². The van der Waals surface area contributed by atoms with Gasteiger partial charge < -0.3 is 14.1 Å². The van der Waals surface area contributed by atoms with E-state index in [2.05, 4.69) is 28.8 Å². The van der Waals surface area contributed by atoms with Crippen LogP contribution in [0.5, 0.6) is 0 Å². The molecule has 0 spiro atoms. The van der Waals surface area contributed by atoms with Gasteiger partial charge >= 0.3 is 5.97 Å². The topological polar surface area (TPSA) is 52.8 Å². The second-order valence-corrected chi connectivity index (χ2v) is 5.72. The van der Waals surface area contributed by atoms with Gasteiger partial charge in [0.2, 0.25) is 5.71 Å². The number of oxime groups is 1. The number of carbonyl (C=O) groups is 1. The van der Waals surface area contributed by atoms with Gasteiger partial charge in [-0.3, -0.25) is 0 Å². The van der Waals surface area contributed by atoms with Crippen molar-refractivity contribution in [3.05, 3.63) is 71.4 Å². The fourth-order valence-corrected chi connectivity index (χ4v) is 2.91. The number of hydrogen-bond donors (Lipinski definition) is 0. The summed E-state index contributed by atoms with van der Waals surface area (Å²) in [5, 5.41) is 4.93. The van der Waals surface area contributed by atoms with Crippen LogP contribution in [0.25, 0.3) is 10.9 Å². The zero-order valence-corrected chi connectivity index (χ0v) is 14.5. The number of ether oxygens (including phenoxy) is 1. The predicted octanol–water partition coefficient (Wildman–Crippen LogP) is 3.52. The van der Waals surface area contributed by atoms with E-state index in [1.54, 1.807) is 0 Å². The van der Waals surface area contributed by atoms with E-state index in [9.17, 15) is 4.79 Å². The number of rotatable bonds is 5. The van der Waals surface area contributed by atoms with E-state index in [-0.39, 0.29) is 5.71 Å². The zero-order chi connectivity index (χ0) is 17.8. The molecule has 128 valence electrons. The standard InChI is InChI=1S/C20H20N2O3/c1-14-8-4-5-10-16(14)13-22-17-11-7-6-9-15(17)12-18(22)19(21-25-3)20(23)24-2/h4-12H,13H2,1-3H3. The van der Waals surface area contributed by atoms with Crippen LogP contribution >= 0.6 is 0 Å². The summed E-state index contributed by atoms with van der Waals surface area (Å²) in [6, 6.07) is 18.1. The highest BCUT2D eigenvalue weighted by Gasteiger charge is 2.22. The molecule has 0 fully saturated rings. The quantitative estimate of drug-likeness (QED) is 0.407. The summed E-state index contributed by atoms with van der Waals surface area (Å²) in [6.07, 6.45) is 0. The van der Waals surface area contributed by atoms with E-state index >= 15 is 0 Å². The number of carbonyl (C=O) groups excluding carboxylic acids is 1. The minimum Gasteiger partial charge on any atom is -0.464 e. The maximum Gasteiger partial charge on any atom is 0.362 e. The fraction of sp³-hybridized carbons (Fsp3) is 0.200. The lowest BCUT2D eigenvalue weighted by Crippen LogP contribution is -2.21. The van der Waals surface area contributed by atoms with Gasteiger partial charge in [-0.05, 0) is 30.2 Å². The minimum atomic E-state index is -0.532. The molecule has 1 aromatic heterocycles. The molecule has 0 aliphatic carbocycles. The van der Waals surface area contributed by atoms with Crippen LogP contribution in [0.3, 0.4) is 0 Å². The lowest BCUT2D eigenvalue weighted by atomic mass is 10.1. The van der Waals surface area contributed by atoms with Gasteiger partial charge in [0, 0.05) is 17.4 Å². The van der Waals surface area contributed by atoms with Crippen molar-refractivity contribution < 1.29 is 14.4 Å². The van der Waals surface area contributed by atoms with Gasteiger partial charge in [-0.25, -0.2) is 4.79 Å². The van der Waals surface area contributed by atoms with E-state index in [1.807, 2.05) is 42.5 Å². The average Bonchev–Trinajstić information content (AvgIpc) is 2.99. The van der Waals surface area contributed by atoms with Gasteiger partial charge in [0.1, 0.15) is 7.11 Å². The van der Waals surface area contributed by atoms with Crippen LogP contribution in [0.15, 0.2) is 59.8 Å². The van der Waals surface area contributed by atoms with Crippen molar-refractivity contribution >= 4 is 22.6 Å². The van der Waals surface area contributed by atoms with E-state index in [4.69, 9.17) is 9.57 Å². The SMILES string of the molecule is CON=C(C(=O)OC)c1cc2ccccc2n1Cc1ccccc1C. The van der Waals surface area contributed by atoms with Crippen molar-refractivity contribution in [1.82, 2.24) is 4.57 Å². The summed E-state index contributed by atoms with van der Waals surface area (Å²) < 4.78 is 6.94. The van der Waals surface area contributed by atoms with Crippen LogP contribution in [-0.4, -0.2) is 30.5 Å². The number of aromatic nitrogens is 1. The fourth-order valence-electron chi connectivity index (χ4n) is 2.91. The van der Waals surface area contributed by atoms with Gasteiger partial charge in [-0.2, -0.15) is 0 Å². The summed E-state index contributed by atoms with van der Waals surface area (Å²) in [5.74, 6) is -0.532. The molecule has 5 nitrogen and oxygen atoms in total. The summed E-state index contributed by atoms with van der Waals surface area (Å²) in [7, 11) is 2.75. The molecule has 0 unspecified atom stereocenters. The lowest BCUT2D eigenvalue weighted by molar-refractivity contribution is -0.132. The first-order chi connectivity index (χ1) is 12.2. The Labute approximate surface area is 146 Å². The second kappa shape index (κ2) is 7.21. The summed E-state index contributed by atoms with van der Waals surface area (Å²) in [6.45, 7) is 2.69. The molecule has 3 aromatic rings. The first-order valence-electron chi connectivity index (χ1n) is 7.98. The van der Waals surface area contributed by atoms with Crippen molar-refractivity contribution in [2.45, 2.75) is 13.5 Å². The Morgan fingerprint density at radius 1 is 1.08 bits per heavy atom. The average molecular weight is 336 g/mol. The second-order valence-electron chi connectivity index (χ2n) is 5.72. The molecule has 2 aromatic carbocycles. The summed E-state index contributed by atoms with van der Waals surface area (Å²) in [5.41, 5.74) is 4.20. The first kappa shape index (κ1) is 16.8. The highest BCUT2D eigenvalue weighted by Crippen LogP contribution is 2.23. The van der Waals surface area contributed by atoms with E-state index in [0.29, 0.717) is 12.2 Å². The monoisotopic (exact) mass is 336 g/mol. The molecule has 0 saturated heterocycles. The minimum absolute atomic E-state index is 0.148. The molecule has 0 saturated carbocycles. The first-order valence-corrected chi connectivity index (χ1v) is 7.98. The van der Waals surface area contributed by atoms with Crippen molar-refractivity contribution in [3.8, 4) is 0 Å². The predicted molar refractivity (Wildman–Crippen MR) is 97.8 cm³/mol. The van der Waals surface area contributed by atoms with E-state index in [0.717, 1.165) is 10.9 Å². The normalized spacial score (nSPS) is 11.6. The molecule has 5 heteroatoms. The number of methoxy groups -OCH3 is 1. The number of benzene rings is 2.